The van der Waals surface area contributed by atoms with E-state index in [1.54, 1.807) is 7.11 Å². The van der Waals surface area contributed by atoms with Crippen LogP contribution in [0.3, 0.4) is 0 Å². The summed E-state index contributed by atoms with van der Waals surface area (Å²) < 4.78 is 5.16. The molecule has 0 radical (unpaired) electrons. The standard InChI is InChI=1S/C12H18O.C2H6/c1-10(2)7-8-11-5-4-6-12(9-11)13-3;1-2/h4-6,9-10H,7-8H2,1-3H3;1-2H3. The highest BCUT2D eigenvalue weighted by Crippen LogP contribution is 2.15. The lowest BCUT2D eigenvalue weighted by Crippen LogP contribution is -1.92. The molecule has 0 spiro atoms. The second-order valence-electron chi connectivity index (χ2n) is 3.78. The summed E-state index contributed by atoms with van der Waals surface area (Å²) in [6, 6.07) is 8.31. The third-order valence-corrected chi connectivity index (χ3v) is 2.14. The van der Waals surface area contributed by atoms with Crippen molar-refractivity contribution in [2.75, 3.05) is 7.11 Å². The van der Waals surface area contributed by atoms with E-state index in [-0.39, 0.29) is 0 Å². The van der Waals surface area contributed by atoms with E-state index in [1.165, 1.54) is 12.0 Å². The Hall–Kier alpha value is -0.980. The zero-order chi connectivity index (χ0) is 11.7. The van der Waals surface area contributed by atoms with Gasteiger partial charge < -0.3 is 4.74 Å². The molecule has 1 nitrogen and oxygen atoms in total. The number of hydrogen-bond donors (Lipinski definition) is 0. The van der Waals surface area contributed by atoms with E-state index in [0.29, 0.717) is 0 Å². The molecule has 0 N–H and O–H groups in total. The molecule has 0 aromatic heterocycles. The number of ether oxygens (including phenoxy) is 1. The van der Waals surface area contributed by atoms with Gasteiger partial charge in [0.2, 0.25) is 0 Å². The Bertz CT molecular complexity index is 253. The molecule has 1 rings (SSSR count). The van der Waals surface area contributed by atoms with Crippen molar-refractivity contribution in [2.45, 2.75) is 40.5 Å². The van der Waals surface area contributed by atoms with E-state index in [9.17, 15) is 0 Å². The first kappa shape index (κ1) is 14.0. The second-order valence-corrected chi connectivity index (χ2v) is 3.78. The Morgan fingerprint density at radius 2 is 1.87 bits per heavy atom. The van der Waals surface area contributed by atoms with Crippen LogP contribution in [0, 0.1) is 5.92 Å². The van der Waals surface area contributed by atoms with Crippen LogP contribution in [-0.4, -0.2) is 7.11 Å². The SMILES string of the molecule is CC.COc1cccc(CCC(C)C)c1. The fourth-order valence-corrected chi connectivity index (χ4v) is 1.28. The molecule has 0 unspecified atom stereocenters. The van der Waals surface area contributed by atoms with Crippen molar-refractivity contribution >= 4 is 0 Å². The number of methoxy groups -OCH3 is 1. The summed E-state index contributed by atoms with van der Waals surface area (Å²) in [5, 5.41) is 0. The molecule has 0 aliphatic carbocycles. The second kappa shape index (κ2) is 8.34. The van der Waals surface area contributed by atoms with E-state index in [1.807, 2.05) is 19.9 Å². The molecule has 0 amide bonds. The van der Waals surface area contributed by atoms with Crippen LogP contribution in [0.15, 0.2) is 24.3 Å². The van der Waals surface area contributed by atoms with Gasteiger partial charge in [-0.25, -0.2) is 0 Å². The van der Waals surface area contributed by atoms with E-state index < -0.39 is 0 Å². The average molecular weight is 208 g/mol. The Kier molecular flexibility index (Phi) is 7.79. The van der Waals surface area contributed by atoms with Crippen molar-refractivity contribution in [3.05, 3.63) is 29.8 Å². The summed E-state index contributed by atoms with van der Waals surface area (Å²) >= 11 is 0. The lowest BCUT2D eigenvalue weighted by atomic mass is 10.0. The largest absolute Gasteiger partial charge is 0.497 e. The molecule has 0 atom stereocenters. The van der Waals surface area contributed by atoms with Gasteiger partial charge in [0, 0.05) is 0 Å². The monoisotopic (exact) mass is 208 g/mol. The van der Waals surface area contributed by atoms with Crippen LogP contribution in [0.5, 0.6) is 5.75 Å². The van der Waals surface area contributed by atoms with Crippen molar-refractivity contribution in [1.82, 2.24) is 0 Å². The Morgan fingerprint density at radius 3 is 2.40 bits per heavy atom. The molecule has 1 heteroatoms. The van der Waals surface area contributed by atoms with E-state index in [0.717, 1.165) is 18.1 Å². The zero-order valence-electron chi connectivity index (χ0n) is 10.7. The van der Waals surface area contributed by atoms with Gasteiger partial charge in [-0.3, -0.25) is 0 Å². The molecule has 0 bridgehead atoms. The molecule has 0 aliphatic rings. The van der Waals surface area contributed by atoms with Crippen LogP contribution >= 0.6 is 0 Å². The fourth-order valence-electron chi connectivity index (χ4n) is 1.28. The summed E-state index contributed by atoms with van der Waals surface area (Å²) in [5.41, 5.74) is 1.37. The van der Waals surface area contributed by atoms with Gasteiger partial charge in [0.15, 0.2) is 0 Å². The zero-order valence-corrected chi connectivity index (χ0v) is 10.7. The van der Waals surface area contributed by atoms with E-state index >= 15 is 0 Å². The lowest BCUT2D eigenvalue weighted by Gasteiger charge is -2.06. The summed E-state index contributed by atoms with van der Waals surface area (Å²) in [4.78, 5) is 0. The fraction of sp³-hybridized carbons (Fsp3) is 0.571. The Labute approximate surface area is 94.5 Å². The molecule has 0 fully saturated rings. The van der Waals surface area contributed by atoms with Crippen molar-refractivity contribution < 1.29 is 4.74 Å². The highest BCUT2D eigenvalue weighted by molar-refractivity contribution is 5.28. The highest BCUT2D eigenvalue weighted by atomic mass is 16.5. The normalized spacial score (nSPS) is 9.47. The summed E-state index contributed by atoms with van der Waals surface area (Å²) in [6.45, 7) is 8.50. The van der Waals surface area contributed by atoms with Crippen molar-refractivity contribution in [2.24, 2.45) is 5.92 Å². The first-order valence-electron chi connectivity index (χ1n) is 5.85. The maximum Gasteiger partial charge on any atom is 0.119 e. The van der Waals surface area contributed by atoms with Crippen LogP contribution in [-0.2, 0) is 6.42 Å². The maximum atomic E-state index is 5.16. The summed E-state index contributed by atoms with van der Waals surface area (Å²) in [6.07, 6.45) is 2.39. The van der Waals surface area contributed by atoms with Gasteiger partial charge in [-0.2, -0.15) is 0 Å². The quantitative estimate of drug-likeness (QED) is 0.716. The molecular weight excluding hydrogens is 184 g/mol. The first-order valence-corrected chi connectivity index (χ1v) is 5.85. The van der Waals surface area contributed by atoms with Gasteiger partial charge in [0.05, 0.1) is 7.11 Å². The van der Waals surface area contributed by atoms with Crippen LogP contribution < -0.4 is 4.74 Å². The predicted molar refractivity (Wildman–Crippen MR) is 67.5 cm³/mol. The van der Waals surface area contributed by atoms with Crippen LogP contribution in [0.4, 0.5) is 0 Å². The smallest absolute Gasteiger partial charge is 0.119 e. The minimum absolute atomic E-state index is 0.770. The average Bonchev–Trinajstić information content (AvgIpc) is 2.29. The van der Waals surface area contributed by atoms with E-state index in [4.69, 9.17) is 4.74 Å². The van der Waals surface area contributed by atoms with Crippen molar-refractivity contribution in [3.63, 3.8) is 0 Å². The number of benzene rings is 1. The Morgan fingerprint density at radius 1 is 1.20 bits per heavy atom. The molecule has 0 saturated carbocycles. The van der Waals surface area contributed by atoms with Crippen molar-refractivity contribution in [3.8, 4) is 5.75 Å². The van der Waals surface area contributed by atoms with Gasteiger partial charge in [0.25, 0.3) is 0 Å². The highest BCUT2D eigenvalue weighted by Gasteiger charge is 1.98. The van der Waals surface area contributed by atoms with Gasteiger partial charge >= 0.3 is 0 Å². The maximum absolute atomic E-state index is 5.16. The summed E-state index contributed by atoms with van der Waals surface area (Å²) in [5.74, 6) is 1.73. The van der Waals surface area contributed by atoms with Gasteiger partial charge in [-0.1, -0.05) is 39.8 Å². The molecule has 1 aromatic rings. The van der Waals surface area contributed by atoms with Crippen LogP contribution in [0.25, 0.3) is 0 Å². The number of hydrogen-bond acceptors (Lipinski definition) is 1. The number of rotatable bonds is 4. The molecule has 1 aromatic carbocycles. The molecule has 0 saturated heterocycles. The molecule has 86 valence electrons. The molecular formula is C14H24O. The molecule has 0 heterocycles. The lowest BCUT2D eigenvalue weighted by molar-refractivity contribution is 0.414. The first-order chi connectivity index (χ1) is 7.22. The summed E-state index contributed by atoms with van der Waals surface area (Å²) in [7, 11) is 1.71. The number of aryl methyl sites for hydroxylation is 1. The van der Waals surface area contributed by atoms with Crippen LogP contribution in [0.1, 0.15) is 39.7 Å². The minimum atomic E-state index is 0.770. The topological polar surface area (TPSA) is 9.23 Å². The minimum Gasteiger partial charge on any atom is -0.497 e. The molecule has 0 aliphatic heterocycles. The van der Waals surface area contributed by atoms with Crippen molar-refractivity contribution in [1.29, 1.82) is 0 Å². The van der Waals surface area contributed by atoms with Gasteiger partial charge in [-0.15, -0.1) is 0 Å². The Balaban J connectivity index is 0.000000921. The van der Waals surface area contributed by atoms with Crippen LogP contribution in [0.2, 0.25) is 0 Å². The predicted octanol–water partition coefficient (Wildman–Crippen LogP) is 4.31. The third-order valence-electron chi connectivity index (χ3n) is 2.14. The third kappa shape index (κ3) is 6.16. The van der Waals surface area contributed by atoms with Gasteiger partial charge in [-0.05, 0) is 36.5 Å². The van der Waals surface area contributed by atoms with E-state index in [2.05, 4.69) is 32.0 Å². The van der Waals surface area contributed by atoms with Gasteiger partial charge in [0.1, 0.15) is 5.75 Å². The molecule has 15 heavy (non-hydrogen) atoms.